The van der Waals surface area contributed by atoms with Crippen LogP contribution >= 0.6 is 0 Å². The number of imidazole rings is 1. The predicted octanol–water partition coefficient (Wildman–Crippen LogP) is 1.22. The predicted molar refractivity (Wildman–Crippen MR) is 79.4 cm³/mol. The smallest absolute Gasteiger partial charge is 0.332 e. The molecular formula is C14H13FN6O2. The zero-order chi connectivity index (χ0) is 16.0. The summed E-state index contributed by atoms with van der Waals surface area (Å²) in [6.07, 6.45) is 3.36. The molecule has 1 aromatic carbocycles. The molecule has 0 radical (unpaired) electrons. The number of para-hydroxylation sites is 1. The zero-order valence-electron chi connectivity index (χ0n) is 11.9. The summed E-state index contributed by atoms with van der Waals surface area (Å²) in [5.74, 6) is -0.500. The van der Waals surface area contributed by atoms with Crippen molar-refractivity contribution in [3.05, 3.63) is 52.5 Å². The lowest BCUT2D eigenvalue weighted by Crippen LogP contribution is -2.27. The Morgan fingerprint density at radius 3 is 3.13 bits per heavy atom. The van der Waals surface area contributed by atoms with Gasteiger partial charge in [-0.05, 0) is 18.3 Å². The van der Waals surface area contributed by atoms with Gasteiger partial charge < -0.3 is 10.1 Å². The topological polar surface area (TPSA) is 110 Å². The van der Waals surface area contributed by atoms with Gasteiger partial charge in [-0.15, -0.1) is 5.11 Å². The number of nitrogens with zero attached hydrogens (tertiary/aromatic N) is 3. The summed E-state index contributed by atoms with van der Waals surface area (Å²) in [4.78, 5) is 15.1. The minimum Gasteiger partial charge on any atom is -0.473 e. The fourth-order valence-corrected chi connectivity index (χ4v) is 2.89. The van der Waals surface area contributed by atoms with Crippen molar-refractivity contribution in [2.75, 3.05) is 6.73 Å². The molecule has 118 valence electrons. The number of hydrogen-bond donors (Lipinski definition) is 3. The lowest BCUT2D eigenvalue weighted by Gasteiger charge is -2.21. The number of benzene rings is 1. The van der Waals surface area contributed by atoms with Gasteiger partial charge in [0.05, 0.1) is 17.3 Å². The summed E-state index contributed by atoms with van der Waals surface area (Å²) in [5.41, 5.74) is 5.81. The van der Waals surface area contributed by atoms with Crippen molar-refractivity contribution < 1.29 is 9.13 Å². The maximum absolute atomic E-state index is 14.1. The Morgan fingerprint density at radius 1 is 1.43 bits per heavy atom. The van der Waals surface area contributed by atoms with E-state index in [0.717, 1.165) is 0 Å². The molecule has 2 atom stereocenters. The maximum Gasteiger partial charge on any atom is 0.332 e. The number of nitrogens with one attached hydrogen (secondary N) is 2. The minimum atomic E-state index is -0.594. The Bertz CT molecular complexity index is 884. The molecule has 1 aromatic heterocycles. The largest absolute Gasteiger partial charge is 0.473 e. The van der Waals surface area contributed by atoms with Crippen molar-refractivity contribution in [3.8, 4) is 11.4 Å². The van der Waals surface area contributed by atoms with Gasteiger partial charge in [0.15, 0.2) is 23.6 Å². The average Bonchev–Trinajstić information content (AvgIpc) is 3.12. The van der Waals surface area contributed by atoms with Gasteiger partial charge in [-0.1, -0.05) is 12.1 Å². The summed E-state index contributed by atoms with van der Waals surface area (Å²) in [6.45, 7) is -0.206. The molecule has 8 nitrogen and oxygen atoms in total. The van der Waals surface area contributed by atoms with E-state index in [0.29, 0.717) is 11.5 Å². The van der Waals surface area contributed by atoms with Gasteiger partial charge in [-0.25, -0.2) is 9.18 Å². The average molecular weight is 316 g/mol. The van der Waals surface area contributed by atoms with Crippen LogP contribution in [0.5, 0.6) is 5.75 Å². The molecule has 0 spiro atoms. The molecule has 4 N–H and O–H groups in total. The summed E-state index contributed by atoms with van der Waals surface area (Å²) in [6, 6.07) is 4.35. The van der Waals surface area contributed by atoms with Crippen LogP contribution in [0.2, 0.25) is 0 Å². The van der Waals surface area contributed by atoms with Gasteiger partial charge in [-0.3, -0.25) is 15.3 Å². The highest BCUT2D eigenvalue weighted by atomic mass is 19.1. The third-order valence-corrected chi connectivity index (χ3v) is 3.84. The highest BCUT2D eigenvalue weighted by Gasteiger charge is 2.35. The number of aromatic amines is 1. The van der Waals surface area contributed by atoms with E-state index in [1.807, 2.05) is 6.08 Å². The molecule has 0 saturated carbocycles. The van der Waals surface area contributed by atoms with E-state index < -0.39 is 11.5 Å². The second-order valence-corrected chi connectivity index (χ2v) is 5.11. The molecule has 9 heteroatoms. The number of hydrogen-bond acceptors (Lipinski definition) is 6. The Kier molecular flexibility index (Phi) is 3.01. The second-order valence-electron chi connectivity index (χ2n) is 5.11. The number of ether oxygens (including phenoxy) is 1. The zero-order valence-corrected chi connectivity index (χ0v) is 11.9. The Balaban J connectivity index is 1.97. The Hall–Kier alpha value is -2.94. The normalized spacial score (nSPS) is 21.0. The summed E-state index contributed by atoms with van der Waals surface area (Å²) < 4.78 is 20.6. The quantitative estimate of drug-likeness (QED) is 0.740. The number of halogens is 1. The van der Waals surface area contributed by atoms with Crippen molar-refractivity contribution in [1.29, 1.82) is 0 Å². The van der Waals surface area contributed by atoms with Gasteiger partial charge in [0, 0.05) is 0 Å². The van der Waals surface area contributed by atoms with E-state index in [2.05, 4.69) is 20.5 Å². The molecule has 2 aliphatic heterocycles. The van der Waals surface area contributed by atoms with Crippen LogP contribution in [0.25, 0.3) is 5.69 Å². The molecule has 0 fully saturated rings. The van der Waals surface area contributed by atoms with Crippen LogP contribution in [0.1, 0.15) is 11.6 Å². The van der Waals surface area contributed by atoms with E-state index in [1.54, 1.807) is 12.3 Å². The molecule has 0 saturated heterocycles. The summed E-state index contributed by atoms with van der Waals surface area (Å²) in [7, 11) is 0. The van der Waals surface area contributed by atoms with Crippen LogP contribution in [0.15, 0.2) is 45.5 Å². The third-order valence-electron chi connectivity index (χ3n) is 3.84. The first-order valence-electron chi connectivity index (χ1n) is 7.01. The van der Waals surface area contributed by atoms with E-state index >= 15 is 0 Å². The Labute approximate surface area is 129 Å². The maximum atomic E-state index is 14.1. The van der Waals surface area contributed by atoms with E-state index in [1.165, 1.54) is 16.7 Å². The second kappa shape index (κ2) is 5.06. The Morgan fingerprint density at radius 2 is 2.30 bits per heavy atom. The molecular weight excluding hydrogens is 303 g/mol. The first-order chi connectivity index (χ1) is 11.2. The molecule has 3 heterocycles. The van der Waals surface area contributed by atoms with Gasteiger partial charge in [0.1, 0.15) is 6.73 Å². The van der Waals surface area contributed by atoms with E-state index in [4.69, 9.17) is 10.5 Å². The first-order valence-corrected chi connectivity index (χ1v) is 7.01. The number of fused-ring (bicyclic) bond motifs is 3. The molecule has 0 amide bonds. The molecule has 23 heavy (non-hydrogen) atoms. The standard InChI is InChI=1S/C14H13FN6O2/c15-8-2-1-3-9(11(8)23-6-16)21-10-7-4-5-17-12(7)19-20-13(10)18-14(21)22/h1-5,7,12,17H,6,16H2,(H,18,22). The molecule has 0 bridgehead atoms. The van der Waals surface area contributed by atoms with Crippen molar-refractivity contribution >= 4 is 5.82 Å². The van der Waals surface area contributed by atoms with E-state index in [-0.39, 0.29) is 30.3 Å². The number of aromatic nitrogens is 2. The van der Waals surface area contributed by atoms with Gasteiger partial charge in [-0.2, -0.15) is 5.11 Å². The van der Waals surface area contributed by atoms with Gasteiger partial charge in [0.25, 0.3) is 0 Å². The van der Waals surface area contributed by atoms with Gasteiger partial charge >= 0.3 is 5.69 Å². The van der Waals surface area contributed by atoms with Crippen LogP contribution in [0.4, 0.5) is 10.2 Å². The van der Waals surface area contributed by atoms with Gasteiger partial charge in [0.2, 0.25) is 0 Å². The number of azo groups is 1. The van der Waals surface area contributed by atoms with E-state index in [9.17, 15) is 9.18 Å². The summed E-state index contributed by atoms with van der Waals surface area (Å²) >= 11 is 0. The van der Waals surface area contributed by atoms with Crippen molar-refractivity contribution in [2.45, 2.75) is 12.1 Å². The van der Waals surface area contributed by atoms with Crippen molar-refractivity contribution in [1.82, 2.24) is 14.9 Å². The lowest BCUT2D eigenvalue weighted by atomic mass is 10.0. The van der Waals surface area contributed by atoms with Crippen LogP contribution in [-0.4, -0.2) is 22.4 Å². The van der Waals surface area contributed by atoms with Crippen LogP contribution in [-0.2, 0) is 0 Å². The fourth-order valence-electron chi connectivity index (χ4n) is 2.89. The van der Waals surface area contributed by atoms with Crippen LogP contribution in [0.3, 0.4) is 0 Å². The lowest BCUT2D eigenvalue weighted by molar-refractivity contribution is 0.310. The highest BCUT2D eigenvalue weighted by molar-refractivity contribution is 5.54. The minimum absolute atomic E-state index is 0.0760. The molecule has 4 rings (SSSR count). The highest BCUT2D eigenvalue weighted by Crippen LogP contribution is 2.38. The first kappa shape index (κ1) is 13.7. The number of H-pyrrole nitrogens is 1. The van der Waals surface area contributed by atoms with Crippen LogP contribution in [0, 0.1) is 5.82 Å². The monoisotopic (exact) mass is 316 g/mol. The fraction of sp³-hybridized carbons (Fsp3) is 0.214. The molecule has 2 unspecified atom stereocenters. The van der Waals surface area contributed by atoms with Crippen LogP contribution < -0.4 is 21.5 Å². The summed E-state index contributed by atoms with van der Waals surface area (Å²) in [5, 5.41) is 11.2. The number of rotatable bonds is 3. The van der Waals surface area contributed by atoms with Crippen molar-refractivity contribution in [2.24, 2.45) is 16.0 Å². The third kappa shape index (κ3) is 1.97. The molecule has 2 aromatic rings. The van der Waals surface area contributed by atoms with Crippen molar-refractivity contribution in [3.63, 3.8) is 0 Å². The SMILES string of the molecule is NCOc1c(F)cccc1-n1c2c([nH]c1=O)N=NC1NC=CC21. The molecule has 0 aliphatic carbocycles. The number of nitrogens with two attached hydrogens (primary N) is 1. The molecule has 2 aliphatic rings.